The molecule has 0 aliphatic carbocycles. The number of hydrogen-bond donors (Lipinski definition) is 1. The third-order valence-electron chi connectivity index (χ3n) is 5.13. The average molecular weight is 406 g/mol. The Bertz CT molecular complexity index is 1080. The van der Waals surface area contributed by atoms with Crippen LogP contribution in [0.1, 0.15) is 33.3 Å². The van der Waals surface area contributed by atoms with E-state index in [4.69, 9.17) is 9.47 Å². The van der Waals surface area contributed by atoms with Crippen molar-refractivity contribution in [2.75, 3.05) is 12.1 Å². The molecular formula is C22H18N2O4S. The molecule has 0 spiro atoms. The average Bonchev–Trinajstić information content (AvgIpc) is 3.47. The maximum absolute atomic E-state index is 13.0. The normalized spacial score (nSPS) is 15.3. The van der Waals surface area contributed by atoms with Gasteiger partial charge in [0.1, 0.15) is 0 Å². The van der Waals surface area contributed by atoms with Crippen LogP contribution in [0, 0.1) is 0 Å². The van der Waals surface area contributed by atoms with E-state index in [0.717, 1.165) is 10.4 Å². The molecule has 0 bridgehead atoms. The Hall–Kier alpha value is -3.32. The van der Waals surface area contributed by atoms with Gasteiger partial charge in [0.2, 0.25) is 12.7 Å². The maximum atomic E-state index is 13.0. The lowest BCUT2D eigenvalue weighted by Crippen LogP contribution is -2.31. The lowest BCUT2D eigenvalue weighted by Gasteiger charge is -2.26. The number of anilines is 1. The Morgan fingerprint density at radius 1 is 1.10 bits per heavy atom. The molecule has 2 aliphatic heterocycles. The van der Waals surface area contributed by atoms with E-state index in [0.29, 0.717) is 29.3 Å². The summed E-state index contributed by atoms with van der Waals surface area (Å²) in [5, 5.41) is 4.88. The Morgan fingerprint density at radius 3 is 2.79 bits per heavy atom. The monoisotopic (exact) mass is 406 g/mol. The largest absolute Gasteiger partial charge is 0.454 e. The van der Waals surface area contributed by atoms with E-state index in [2.05, 4.69) is 5.32 Å². The Morgan fingerprint density at radius 2 is 1.97 bits per heavy atom. The molecule has 2 aliphatic rings. The number of rotatable bonds is 5. The van der Waals surface area contributed by atoms with Gasteiger partial charge in [-0.1, -0.05) is 24.3 Å². The molecular weight excluding hydrogens is 388 g/mol. The molecule has 0 saturated heterocycles. The summed E-state index contributed by atoms with van der Waals surface area (Å²) in [5.41, 5.74) is 2.35. The summed E-state index contributed by atoms with van der Waals surface area (Å²) in [6.45, 7) is 0.694. The first-order chi connectivity index (χ1) is 14.2. The molecule has 0 fully saturated rings. The number of hydrogen-bond acceptors (Lipinski definition) is 5. The van der Waals surface area contributed by atoms with Crippen LogP contribution in [0.3, 0.4) is 0 Å². The van der Waals surface area contributed by atoms with Gasteiger partial charge in [-0.2, -0.15) is 0 Å². The minimum absolute atomic E-state index is 0.0325. The van der Waals surface area contributed by atoms with E-state index in [1.54, 1.807) is 34.4 Å². The topological polar surface area (TPSA) is 67.9 Å². The lowest BCUT2D eigenvalue weighted by atomic mass is 10.1. The van der Waals surface area contributed by atoms with Crippen molar-refractivity contribution in [3.05, 3.63) is 76.0 Å². The predicted octanol–water partition coefficient (Wildman–Crippen LogP) is 4.20. The molecule has 7 heteroatoms. The minimum Gasteiger partial charge on any atom is -0.454 e. The number of carbonyl (C=O) groups is 2. The zero-order valence-electron chi connectivity index (χ0n) is 15.5. The fourth-order valence-corrected chi connectivity index (χ4v) is 4.57. The molecule has 1 N–H and O–H groups in total. The van der Waals surface area contributed by atoms with Gasteiger partial charge in [0.25, 0.3) is 5.91 Å². The van der Waals surface area contributed by atoms with E-state index in [9.17, 15) is 9.59 Å². The van der Waals surface area contributed by atoms with Gasteiger partial charge in [0.15, 0.2) is 11.5 Å². The highest BCUT2D eigenvalue weighted by Gasteiger charge is 2.34. The number of fused-ring (bicyclic) bond motifs is 2. The molecule has 2 amide bonds. The van der Waals surface area contributed by atoms with Crippen LogP contribution >= 0.6 is 11.3 Å². The molecule has 29 heavy (non-hydrogen) atoms. The highest BCUT2D eigenvalue weighted by molar-refractivity contribution is 7.10. The molecule has 3 aromatic rings. The van der Waals surface area contributed by atoms with Crippen LogP contribution in [0.15, 0.2) is 60.0 Å². The summed E-state index contributed by atoms with van der Waals surface area (Å²) >= 11 is 1.55. The smallest absolute Gasteiger partial charge is 0.255 e. The Balaban J connectivity index is 1.36. The van der Waals surface area contributed by atoms with Crippen molar-refractivity contribution in [1.82, 2.24) is 4.90 Å². The zero-order valence-corrected chi connectivity index (χ0v) is 16.3. The summed E-state index contributed by atoms with van der Waals surface area (Å²) in [4.78, 5) is 28.6. The Kier molecular flexibility index (Phi) is 4.44. The third-order valence-corrected chi connectivity index (χ3v) is 6.11. The second kappa shape index (κ2) is 7.25. The van der Waals surface area contributed by atoms with Crippen molar-refractivity contribution in [1.29, 1.82) is 0 Å². The SMILES string of the molecule is O=C(C[C@@H](c1cccs1)N1Cc2ccccc2C1=O)Nc1ccc2c(c1)OCO2. The molecule has 6 nitrogen and oxygen atoms in total. The van der Waals surface area contributed by atoms with Crippen molar-refractivity contribution in [2.45, 2.75) is 19.0 Å². The molecule has 0 unspecified atom stereocenters. The number of carbonyl (C=O) groups excluding carboxylic acids is 2. The number of nitrogens with zero attached hydrogens (tertiary/aromatic N) is 1. The molecule has 1 aromatic heterocycles. The van der Waals surface area contributed by atoms with Crippen molar-refractivity contribution >= 4 is 28.8 Å². The number of amides is 2. The van der Waals surface area contributed by atoms with Gasteiger partial charge >= 0.3 is 0 Å². The van der Waals surface area contributed by atoms with Crippen LogP contribution in [-0.2, 0) is 11.3 Å². The van der Waals surface area contributed by atoms with Gasteiger partial charge in [0, 0.05) is 28.7 Å². The van der Waals surface area contributed by atoms with Crippen LogP contribution in [0.25, 0.3) is 0 Å². The van der Waals surface area contributed by atoms with Gasteiger partial charge in [-0.05, 0) is 35.2 Å². The van der Waals surface area contributed by atoms with Gasteiger partial charge in [-0.25, -0.2) is 0 Å². The van der Waals surface area contributed by atoms with E-state index in [1.807, 2.05) is 41.8 Å². The van der Waals surface area contributed by atoms with Crippen LogP contribution in [0.4, 0.5) is 5.69 Å². The van der Waals surface area contributed by atoms with E-state index >= 15 is 0 Å². The summed E-state index contributed by atoms with van der Waals surface area (Å²) in [6, 6.07) is 16.5. The Labute approximate surface area is 171 Å². The fourth-order valence-electron chi connectivity index (χ4n) is 3.74. The highest BCUT2D eigenvalue weighted by atomic mass is 32.1. The first-order valence-electron chi connectivity index (χ1n) is 9.31. The van der Waals surface area contributed by atoms with Gasteiger partial charge < -0.3 is 19.7 Å². The van der Waals surface area contributed by atoms with E-state index in [-0.39, 0.29) is 31.1 Å². The molecule has 0 radical (unpaired) electrons. The van der Waals surface area contributed by atoms with E-state index in [1.165, 1.54) is 0 Å². The molecule has 2 aromatic carbocycles. The van der Waals surface area contributed by atoms with Crippen LogP contribution < -0.4 is 14.8 Å². The van der Waals surface area contributed by atoms with Crippen molar-refractivity contribution in [3.8, 4) is 11.5 Å². The van der Waals surface area contributed by atoms with Crippen LogP contribution in [-0.4, -0.2) is 23.5 Å². The second-order valence-corrected chi connectivity index (χ2v) is 7.92. The highest BCUT2D eigenvalue weighted by Crippen LogP contribution is 2.37. The lowest BCUT2D eigenvalue weighted by molar-refractivity contribution is -0.117. The fraction of sp³-hybridized carbons (Fsp3) is 0.182. The van der Waals surface area contributed by atoms with Crippen molar-refractivity contribution in [3.63, 3.8) is 0 Å². The quantitative estimate of drug-likeness (QED) is 0.690. The summed E-state index contributed by atoms with van der Waals surface area (Å²) < 4.78 is 10.7. The molecule has 3 heterocycles. The third kappa shape index (κ3) is 3.34. The molecule has 5 rings (SSSR count). The first kappa shape index (κ1) is 17.8. The number of nitrogens with one attached hydrogen (secondary N) is 1. The summed E-state index contributed by atoms with van der Waals surface area (Å²) in [6.07, 6.45) is 0.175. The van der Waals surface area contributed by atoms with Crippen LogP contribution in [0.2, 0.25) is 0 Å². The standard InChI is InChI=1S/C22H18N2O4S/c25-21(23-15-7-8-18-19(10-15)28-13-27-18)11-17(20-6-3-9-29-20)24-12-14-4-1-2-5-16(14)22(24)26/h1-10,17H,11-13H2,(H,23,25)/t17-/m0/s1. The minimum atomic E-state index is -0.316. The van der Waals surface area contributed by atoms with Gasteiger partial charge in [-0.3, -0.25) is 9.59 Å². The number of thiophene rings is 1. The van der Waals surface area contributed by atoms with Crippen molar-refractivity contribution in [2.24, 2.45) is 0 Å². The summed E-state index contributed by atoms with van der Waals surface area (Å²) in [5.74, 6) is 1.09. The number of ether oxygens (including phenoxy) is 2. The number of benzene rings is 2. The second-order valence-electron chi connectivity index (χ2n) is 6.94. The molecule has 1 atom stereocenters. The summed E-state index contributed by atoms with van der Waals surface area (Å²) in [7, 11) is 0. The molecule has 0 saturated carbocycles. The van der Waals surface area contributed by atoms with Crippen LogP contribution in [0.5, 0.6) is 11.5 Å². The maximum Gasteiger partial charge on any atom is 0.255 e. The van der Waals surface area contributed by atoms with Gasteiger partial charge in [0.05, 0.1) is 12.5 Å². The predicted molar refractivity (Wildman–Crippen MR) is 109 cm³/mol. The zero-order chi connectivity index (χ0) is 19.8. The van der Waals surface area contributed by atoms with Crippen molar-refractivity contribution < 1.29 is 19.1 Å². The van der Waals surface area contributed by atoms with E-state index < -0.39 is 0 Å². The first-order valence-corrected chi connectivity index (χ1v) is 10.2. The van der Waals surface area contributed by atoms with Gasteiger partial charge in [-0.15, -0.1) is 11.3 Å². The molecule has 146 valence electrons.